The number of benzene rings is 1. The van der Waals surface area contributed by atoms with Gasteiger partial charge in [-0.2, -0.15) is 42.3 Å². The first-order valence-corrected chi connectivity index (χ1v) is 6.63. The van der Waals surface area contributed by atoms with Crippen LogP contribution >= 0.6 is 0 Å². The second-order valence-corrected chi connectivity index (χ2v) is 4.42. The van der Waals surface area contributed by atoms with Crippen molar-refractivity contribution in [2.75, 3.05) is 0 Å². The van der Waals surface area contributed by atoms with E-state index in [-0.39, 0.29) is 34.1 Å². The summed E-state index contributed by atoms with van der Waals surface area (Å²) in [5, 5.41) is 18.7. The maximum absolute atomic E-state index is 11.7. The summed E-state index contributed by atoms with van der Waals surface area (Å²) < 4.78 is 0. The van der Waals surface area contributed by atoms with Crippen molar-refractivity contribution in [3.05, 3.63) is 83.9 Å². The number of carbonyl (C=O) groups is 1. The van der Waals surface area contributed by atoms with Gasteiger partial charge in [-0.05, 0) is 18.2 Å². The number of Topliss-reactive ketones (excluding diaryl/α,β-unsaturated/α-hetero) is 1. The van der Waals surface area contributed by atoms with Crippen molar-refractivity contribution in [1.29, 1.82) is 0 Å². The molecule has 4 heteroatoms. The third-order valence-corrected chi connectivity index (χ3v) is 2.76. The molecule has 3 aromatic carbocycles. The van der Waals surface area contributed by atoms with Gasteiger partial charge in [0.2, 0.25) is 5.78 Å². The van der Waals surface area contributed by atoms with Gasteiger partial charge in [-0.1, -0.05) is 5.92 Å². The normalized spacial score (nSPS) is 8.70. The third-order valence-electron chi connectivity index (χ3n) is 2.76. The number of phenols is 2. The zero-order valence-electron chi connectivity index (χ0n) is 12.1. The summed E-state index contributed by atoms with van der Waals surface area (Å²) in [6.07, 6.45) is 0. The average Bonchev–Trinajstić information content (AvgIpc) is 3.23. The number of rotatable bonds is 1. The van der Waals surface area contributed by atoms with Crippen LogP contribution in [-0.4, -0.2) is 16.0 Å². The molecule has 0 atom stereocenters. The first-order chi connectivity index (χ1) is 10.7. The van der Waals surface area contributed by atoms with Crippen LogP contribution in [0.15, 0.2) is 72.8 Å². The average molecular weight is 346 g/mol. The maximum Gasteiger partial charge on any atom is 2.00 e. The molecule has 0 saturated carbocycles. The fraction of sp³-hybridized carbons (Fsp3) is 0. The van der Waals surface area contributed by atoms with E-state index in [0.717, 1.165) is 5.56 Å². The number of hydrogen-bond donors (Lipinski definition) is 2. The Morgan fingerprint density at radius 1 is 1.00 bits per heavy atom. The fourth-order valence-corrected chi connectivity index (χ4v) is 1.68. The minimum atomic E-state index is -0.528. The van der Waals surface area contributed by atoms with Gasteiger partial charge in [-0.3, -0.25) is 4.79 Å². The topological polar surface area (TPSA) is 57.5 Å². The first kappa shape index (κ1) is 18.3. The van der Waals surface area contributed by atoms with Gasteiger partial charge < -0.3 is 10.2 Å². The number of aromatic hydroxyl groups is 2. The number of carbonyl (C=O) groups excluding carboxylic acids is 1. The van der Waals surface area contributed by atoms with Crippen molar-refractivity contribution >= 4 is 5.78 Å². The van der Waals surface area contributed by atoms with Gasteiger partial charge in [-0.15, -0.1) is 11.6 Å². The van der Waals surface area contributed by atoms with Gasteiger partial charge in [0.05, 0.1) is 5.56 Å². The van der Waals surface area contributed by atoms with Crippen LogP contribution in [0.5, 0.6) is 11.5 Å². The third kappa shape index (κ3) is 5.88. The van der Waals surface area contributed by atoms with Crippen molar-refractivity contribution < 1.29 is 32.1 Å². The Kier molecular flexibility index (Phi) is 7.42. The Labute approximate surface area is 145 Å². The van der Waals surface area contributed by atoms with E-state index in [1.165, 1.54) is 18.2 Å². The van der Waals surface area contributed by atoms with Gasteiger partial charge >= 0.3 is 17.1 Å². The van der Waals surface area contributed by atoms with E-state index in [4.69, 9.17) is 0 Å². The van der Waals surface area contributed by atoms with Gasteiger partial charge in [0, 0.05) is 0 Å². The van der Waals surface area contributed by atoms with Crippen molar-refractivity contribution in [2.24, 2.45) is 0 Å². The molecule has 0 spiro atoms. The molecule has 2 N–H and O–H groups in total. The molecule has 23 heavy (non-hydrogen) atoms. The second-order valence-electron chi connectivity index (χ2n) is 4.42. The number of phenolic OH excluding ortho intramolecular Hbond substituents is 2. The van der Waals surface area contributed by atoms with E-state index in [1.807, 2.05) is 42.5 Å². The quantitative estimate of drug-likeness (QED) is 0.233. The zero-order valence-corrected chi connectivity index (χ0v) is 13.2. The minimum absolute atomic E-state index is 0. The van der Waals surface area contributed by atoms with Crippen LogP contribution in [-0.2, 0) is 17.1 Å². The largest absolute Gasteiger partial charge is 2.00 e. The van der Waals surface area contributed by atoms with Gasteiger partial charge in [0.1, 0.15) is 11.5 Å². The van der Waals surface area contributed by atoms with Crippen LogP contribution < -0.4 is 0 Å². The van der Waals surface area contributed by atoms with Crippen molar-refractivity contribution in [2.45, 2.75) is 0 Å². The monoisotopic (exact) mass is 346 g/mol. The van der Waals surface area contributed by atoms with E-state index in [0.29, 0.717) is 0 Å². The molecular formula is C19H14FeO3. The van der Waals surface area contributed by atoms with E-state index in [1.54, 1.807) is 12.1 Å². The first-order valence-electron chi connectivity index (χ1n) is 6.63. The van der Waals surface area contributed by atoms with Crippen molar-refractivity contribution in [3.63, 3.8) is 0 Å². The van der Waals surface area contributed by atoms with Crippen molar-refractivity contribution in [3.8, 4) is 23.3 Å². The molecule has 0 aliphatic heterocycles. The Bertz CT molecular complexity index is 759. The minimum Gasteiger partial charge on any atom is -0.508 e. The standard InChI is InChI=1S/C14H9O3.C5H5.Fe/c15-11-6-8-14(17)12(9-11)13(16)7-5-10-3-1-2-4-10;1-2-4-5-3-1;/h1-4,6,8-9,15,17H;1-5H;/q2*-1;+2. The molecular weight excluding hydrogens is 332 g/mol. The molecule has 0 aliphatic rings. The molecule has 116 valence electrons. The summed E-state index contributed by atoms with van der Waals surface area (Å²) in [6.45, 7) is 0. The van der Waals surface area contributed by atoms with Crippen LogP contribution in [0.4, 0.5) is 0 Å². The molecule has 0 aliphatic carbocycles. The van der Waals surface area contributed by atoms with Crippen molar-refractivity contribution in [1.82, 2.24) is 0 Å². The Hall–Kier alpha value is -2.73. The van der Waals surface area contributed by atoms with Crippen LogP contribution in [0.25, 0.3) is 0 Å². The van der Waals surface area contributed by atoms with E-state index in [9.17, 15) is 15.0 Å². The van der Waals surface area contributed by atoms with Crippen LogP contribution in [0.1, 0.15) is 15.9 Å². The van der Waals surface area contributed by atoms with Gasteiger partial charge in [0.15, 0.2) is 0 Å². The number of ketones is 1. The molecule has 0 radical (unpaired) electrons. The molecule has 3 nitrogen and oxygen atoms in total. The number of hydrogen-bond acceptors (Lipinski definition) is 3. The SMILES string of the molecule is O=C(C#Cc1ccc[cH-]1)c1cc(O)ccc1O.[Fe+2].c1cc[cH-]c1. The predicted molar refractivity (Wildman–Crippen MR) is 85.1 cm³/mol. The van der Waals surface area contributed by atoms with E-state index < -0.39 is 5.78 Å². The summed E-state index contributed by atoms with van der Waals surface area (Å²) in [5.41, 5.74) is 0.738. The van der Waals surface area contributed by atoms with E-state index >= 15 is 0 Å². The summed E-state index contributed by atoms with van der Waals surface area (Å²) >= 11 is 0. The van der Waals surface area contributed by atoms with Crippen LogP contribution in [0.2, 0.25) is 0 Å². The van der Waals surface area contributed by atoms with E-state index in [2.05, 4.69) is 11.8 Å². The molecule has 3 rings (SSSR count). The molecule has 0 bridgehead atoms. The maximum atomic E-state index is 11.7. The molecule has 0 fully saturated rings. The van der Waals surface area contributed by atoms with Crippen LogP contribution in [0.3, 0.4) is 0 Å². The molecule has 0 unspecified atom stereocenters. The van der Waals surface area contributed by atoms with Crippen LogP contribution in [0, 0.1) is 11.8 Å². The Balaban J connectivity index is 0.000000377. The van der Waals surface area contributed by atoms with Gasteiger partial charge in [-0.25, -0.2) is 12.1 Å². The summed E-state index contributed by atoms with van der Waals surface area (Å²) in [4.78, 5) is 11.7. The molecule has 0 aromatic heterocycles. The summed E-state index contributed by atoms with van der Waals surface area (Å²) in [5.74, 6) is 4.29. The summed E-state index contributed by atoms with van der Waals surface area (Å²) in [6, 6.07) is 21.0. The fourth-order valence-electron chi connectivity index (χ4n) is 1.68. The zero-order chi connectivity index (χ0) is 15.8. The Morgan fingerprint density at radius 3 is 2.30 bits per heavy atom. The molecule has 0 saturated heterocycles. The predicted octanol–water partition coefficient (Wildman–Crippen LogP) is 3.45. The van der Waals surface area contributed by atoms with Gasteiger partial charge in [0.25, 0.3) is 0 Å². The molecule has 0 amide bonds. The molecule has 0 heterocycles. The smallest absolute Gasteiger partial charge is 0.508 e. The Morgan fingerprint density at radius 2 is 1.74 bits per heavy atom. The molecule has 3 aromatic rings. The second kappa shape index (κ2) is 9.32. The summed E-state index contributed by atoms with van der Waals surface area (Å²) in [7, 11) is 0.